The fourth-order valence-electron chi connectivity index (χ4n) is 2.97. The van der Waals surface area contributed by atoms with Crippen LogP contribution >= 0.6 is 0 Å². The van der Waals surface area contributed by atoms with Gasteiger partial charge in [0.2, 0.25) is 0 Å². The molecule has 0 bridgehead atoms. The number of rotatable bonds is 7. The van der Waals surface area contributed by atoms with Gasteiger partial charge >= 0.3 is 5.97 Å². The predicted octanol–water partition coefficient (Wildman–Crippen LogP) is 2.82. The van der Waals surface area contributed by atoms with E-state index in [1.54, 1.807) is 0 Å². The molecule has 1 rings (SSSR count). The molecule has 0 radical (unpaired) electrons. The van der Waals surface area contributed by atoms with Crippen molar-refractivity contribution in [3.05, 3.63) is 0 Å². The Labute approximate surface area is 130 Å². The van der Waals surface area contributed by atoms with Crippen LogP contribution in [0.25, 0.3) is 0 Å². The summed E-state index contributed by atoms with van der Waals surface area (Å²) < 4.78 is 5.29. The smallest absolute Gasteiger partial charge is 0.327 e. The molecule has 0 aromatic rings. The van der Waals surface area contributed by atoms with Gasteiger partial charge in [0, 0.05) is 6.54 Å². The Morgan fingerprint density at radius 2 is 2.00 bits per heavy atom. The maximum atomic E-state index is 12.3. The number of esters is 1. The molecule has 1 aliphatic rings. The number of carbonyl (C=O) groups is 1. The van der Waals surface area contributed by atoms with E-state index in [-0.39, 0.29) is 5.97 Å². The summed E-state index contributed by atoms with van der Waals surface area (Å²) in [6.45, 7) is 14.8. The van der Waals surface area contributed by atoms with Crippen molar-refractivity contribution in [1.29, 1.82) is 0 Å². The zero-order valence-corrected chi connectivity index (χ0v) is 14.6. The van der Waals surface area contributed by atoms with Crippen molar-refractivity contribution in [2.75, 3.05) is 32.8 Å². The third-order valence-electron chi connectivity index (χ3n) is 4.46. The molecule has 0 spiro atoms. The minimum absolute atomic E-state index is 0.123. The average Bonchev–Trinajstić information content (AvgIpc) is 2.58. The summed E-state index contributed by atoms with van der Waals surface area (Å²) in [5.41, 5.74) is -0.174. The van der Waals surface area contributed by atoms with Crippen molar-refractivity contribution in [3.8, 4) is 0 Å². The van der Waals surface area contributed by atoms with Crippen LogP contribution < -0.4 is 5.32 Å². The van der Waals surface area contributed by atoms with E-state index >= 15 is 0 Å². The number of hydrogen-bond acceptors (Lipinski definition) is 4. The lowest BCUT2D eigenvalue weighted by atomic mass is 9.85. The Hall–Kier alpha value is -0.610. The van der Waals surface area contributed by atoms with Crippen LogP contribution in [-0.4, -0.2) is 49.2 Å². The molecule has 124 valence electrons. The molecule has 4 heteroatoms. The van der Waals surface area contributed by atoms with Gasteiger partial charge < -0.3 is 15.0 Å². The zero-order chi connectivity index (χ0) is 15.9. The van der Waals surface area contributed by atoms with Gasteiger partial charge in [-0.2, -0.15) is 0 Å². The Balaban J connectivity index is 2.69. The van der Waals surface area contributed by atoms with Crippen LogP contribution in [0.4, 0.5) is 0 Å². The number of hydrogen-bond donors (Lipinski definition) is 1. The molecule has 0 amide bonds. The number of nitrogens with one attached hydrogen (secondary N) is 1. The summed E-state index contributed by atoms with van der Waals surface area (Å²) in [6, 6.07) is 0. The van der Waals surface area contributed by atoms with Crippen LogP contribution in [0.1, 0.15) is 60.3 Å². The molecule has 0 aliphatic carbocycles. The van der Waals surface area contributed by atoms with Crippen molar-refractivity contribution in [1.82, 2.24) is 10.2 Å². The molecule has 0 aromatic heterocycles. The molecule has 0 saturated carbocycles. The normalized spacial score (nSPS) is 22.3. The topological polar surface area (TPSA) is 41.6 Å². The zero-order valence-electron chi connectivity index (χ0n) is 14.6. The largest absolute Gasteiger partial charge is 0.465 e. The maximum absolute atomic E-state index is 12.3. The van der Waals surface area contributed by atoms with Gasteiger partial charge in [-0.3, -0.25) is 4.79 Å². The van der Waals surface area contributed by atoms with Crippen LogP contribution in [0, 0.1) is 5.41 Å². The second kappa shape index (κ2) is 8.14. The van der Waals surface area contributed by atoms with Crippen molar-refractivity contribution in [2.24, 2.45) is 5.41 Å². The van der Waals surface area contributed by atoms with Crippen molar-refractivity contribution >= 4 is 5.97 Å². The first-order chi connectivity index (χ1) is 9.83. The molecule has 1 fully saturated rings. The standard InChI is InChI=1S/C17H34N2O2/c1-6-11-18-17(5,15(20)21-7-2)14-19-12-8-9-16(3,4)10-13-19/h18H,6-14H2,1-5H3. The third-order valence-corrected chi connectivity index (χ3v) is 4.46. The quantitative estimate of drug-likeness (QED) is 0.734. The highest BCUT2D eigenvalue weighted by atomic mass is 16.5. The maximum Gasteiger partial charge on any atom is 0.327 e. The molecule has 1 N–H and O–H groups in total. The molecule has 1 atom stereocenters. The van der Waals surface area contributed by atoms with E-state index in [0.29, 0.717) is 12.0 Å². The average molecular weight is 298 g/mol. The van der Waals surface area contributed by atoms with Crippen LogP contribution in [-0.2, 0) is 9.53 Å². The number of ether oxygens (including phenoxy) is 1. The summed E-state index contributed by atoms with van der Waals surface area (Å²) >= 11 is 0. The lowest BCUT2D eigenvalue weighted by molar-refractivity contribution is -0.151. The summed E-state index contributed by atoms with van der Waals surface area (Å²) in [7, 11) is 0. The highest BCUT2D eigenvalue weighted by Crippen LogP contribution is 2.30. The number of nitrogens with zero attached hydrogens (tertiary/aromatic N) is 1. The number of carbonyl (C=O) groups excluding carboxylic acids is 1. The summed E-state index contributed by atoms with van der Waals surface area (Å²) in [5, 5.41) is 3.40. The van der Waals surface area contributed by atoms with Gasteiger partial charge in [0.15, 0.2) is 0 Å². The Bertz CT molecular complexity index is 331. The molecule has 0 aromatic carbocycles. The van der Waals surface area contributed by atoms with Crippen molar-refractivity contribution in [2.45, 2.75) is 65.8 Å². The first-order valence-corrected chi connectivity index (χ1v) is 8.47. The fourth-order valence-corrected chi connectivity index (χ4v) is 2.97. The van der Waals surface area contributed by atoms with Crippen LogP contribution in [0.2, 0.25) is 0 Å². The summed E-state index contributed by atoms with van der Waals surface area (Å²) in [4.78, 5) is 14.8. The van der Waals surface area contributed by atoms with Crippen LogP contribution in [0.15, 0.2) is 0 Å². The minimum Gasteiger partial charge on any atom is -0.465 e. The SMILES string of the molecule is CCCNC(C)(CN1CCCC(C)(C)CC1)C(=O)OCC. The lowest BCUT2D eigenvalue weighted by Gasteiger charge is -2.34. The Kier molecular flexibility index (Phi) is 7.14. The number of likely N-dealkylation sites (tertiary alicyclic amines) is 1. The Morgan fingerprint density at radius 1 is 1.29 bits per heavy atom. The van der Waals surface area contributed by atoms with Gasteiger partial charge in [-0.05, 0) is 64.6 Å². The highest BCUT2D eigenvalue weighted by molar-refractivity contribution is 5.80. The Morgan fingerprint density at radius 3 is 2.62 bits per heavy atom. The van der Waals surface area contributed by atoms with Gasteiger partial charge in [0.05, 0.1) is 6.61 Å². The van der Waals surface area contributed by atoms with Gasteiger partial charge in [0.25, 0.3) is 0 Å². The van der Waals surface area contributed by atoms with Crippen LogP contribution in [0.3, 0.4) is 0 Å². The first kappa shape index (κ1) is 18.4. The van der Waals surface area contributed by atoms with E-state index < -0.39 is 5.54 Å². The van der Waals surface area contributed by atoms with Crippen molar-refractivity contribution < 1.29 is 9.53 Å². The molecule has 1 heterocycles. The monoisotopic (exact) mass is 298 g/mol. The third kappa shape index (κ3) is 5.95. The van der Waals surface area contributed by atoms with E-state index in [9.17, 15) is 4.79 Å². The van der Waals surface area contributed by atoms with Gasteiger partial charge in [-0.15, -0.1) is 0 Å². The van der Waals surface area contributed by atoms with Crippen LogP contribution in [0.5, 0.6) is 0 Å². The lowest BCUT2D eigenvalue weighted by Crippen LogP contribution is -2.58. The highest BCUT2D eigenvalue weighted by Gasteiger charge is 2.37. The van der Waals surface area contributed by atoms with Gasteiger partial charge in [0.1, 0.15) is 5.54 Å². The van der Waals surface area contributed by atoms with Gasteiger partial charge in [-0.1, -0.05) is 20.8 Å². The molecular formula is C17H34N2O2. The molecule has 21 heavy (non-hydrogen) atoms. The molecule has 1 aliphatic heterocycles. The molecule has 1 unspecified atom stereocenters. The van der Waals surface area contributed by atoms with E-state index in [2.05, 4.69) is 31.0 Å². The summed E-state index contributed by atoms with van der Waals surface area (Å²) in [5.74, 6) is -0.123. The second-order valence-electron chi connectivity index (χ2n) is 7.27. The predicted molar refractivity (Wildman–Crippen MR) is 87.4 cm³/mol. The van der Waals surface area contributed by atoms with E-state index in [0.717, 1.165) is 32.6 Å². The van der Waals surface area contributed by atoms with E-state index in [1.165, 1.54) is 19.3 Å². The fraction of sp³-hybridized carbons (Fsp3) is 0.941. The molecular weight excluding hydrogens is 264 g/mol. The summed E-state index contributed by atoms with van der Waals surface area (Å²) in [6.07, 6.45) is 4.68. The molecule has 4 nitrogen and oxygen atoms in total. The van der Waals surface area contributed by atoms with Gasteiger partial charge in [-0.25, -0.2) is 0 Å². The van der Waals surface area contributed by atoms with E-state index in [4.69, 9.17) is 4.74 Å². The second-order valence-corrected chi connectivity index (χ2v) is 7.27. The first-order valence-electron chi connectivity index (χ1n) is 8.47. The minimum atomic E-state index is -0.597. The van der Waals surface area contributed by atoms with E-state index in [1.807, 2.05) is 13.8 Å². The van der Waals surface area contributed by atoms with Crippen molar-refractivity contribution in [3.63, 3.8) is 0 Å². The molecule has 1 saturated heterocycles.